The number of nitrogens with zero attached hydrogens (tertiary/aromatic N) is 1. The molecule has 112 valence electrons. The monoisotopic (exact) mass is 393 g/mol. The van der Waals surface area contributed by atoms with Gasteiger partial charge < -0.3 is 5.11 Å². The lowest BCUT2D eigenvalue weighted by Gasteiger charge is -2.09. The summed E-state index contributed by atoms with van der Waals surface area (Å²) in [6, 6.07) is 4.43. The second kappa shape index (κ2) is 5.66. The average molecular weight is 395 g/mol. The number of benzene rings is 1. The standard InChI is InChI=1S/C11H9BrClN3O4S/c1-5-10(9(11(17)18)15-14-5)21(19,20)16-6-2-3-8(13)7(12)4-6/h2-4,16H,1H3,(H,14,15)(H,17,18). The Kier molecular flexibility index (Phi) is 4.26. The molecule has 0 amide bonds. The Morgan fingerprint density at radius 3 is 2.71 bits per heavy atom. The highest BCUT2D eigenvalue weighted by Gasteiger charge is 2.28. The van der Waals surface area contributed by atoms with Crippen LogP contribution in [0.15, 0.2) is 27.6 Å². The summed E-state index contributed by atoms with van der Waals surface area (Å²) >= 11 is 9.00. The number of carboxylic acids is 1. The lowest BCUT2D eigenvalue weighted by atomic mass is 10.3. The van der Waals surface area contributed by atoms with Gasteiger partial charge in [0, 0.05) is 4.47 Å². The maximum Gasteiger partial charge on any atom is 0.357 e. The Morgan fingerprint density at radius 2 is 2.14 bits per heavy atom. The van der Waals surface area contributed by atoms with Crippen LogP contribution in [-0.2, 0) is 10.0 Å². The van der Waals surface area contributed by atoms with Gasteiger partial charge in [0.15, 0.2) is 5.69 Å². The molecular weight excluding hydrogens is 386 g/mol. The largest absolute Gasteiger partial charge is 0.476 e. The number of aryl methyl sites for hydroxylation is 1. The van der Waals surface area contributed by atoms with Crippen molar-refractivity contribution in [3.05, 3.63) is 39.1 Å². The predicted molar refractivity (Wildman–Crippen MR) is 80.2 cm³/mol. The fraction of sp³-hybridized carbons (Fsp3) is 0.0909. The minimum atomic E-state index is -4.09. The van der Waals surface area contributed by atoms with Gasteiger partial charge in [-0.2, -0.15) is 5.10 Å². The van der Waals surface area contributed by atoms with E-state index in [1.807, 2.05) is 0 Å². The molecule has 0 aliphatic carbocycles. The lowest BCUT2D eigenvalue weighted by molar-refractivity contribution is 0.0686. The van der Waals surface area contributed by atoms with E-state index in [4.69, 9.17) is 16.7 Å². The minimum absolute atomic E-state index is 0.132. The summed E-state index contributed by atoms with van der Waals surface area (Å²) in [5.41, 5.74) is -0.191. The van der Waals surface area contributed by atoms with E-state index in [1.165, 1.54) is 25.1 Å². The first kappa shape index (κ1) is 15.8. The fourth-order valence-electron chi connectivity index (χ4n) is 1.66. The van der Waals surface area contributed by atoms with E-state index in [2.05, 4.69) is 30.8 Å². The highest BCUT2D eigenvalue weighted by atomic mass is 79.9. The smallest absolute Gasteiger partial charge is 0.357 e. The minimum Gasteiger partial charge on any atom is -0.476 e. The predicted octanol–water partition coefficient (Wildman–Crippen LogP) is 2.63. The number of aromatic amines is 1. The van der Waals surface area contributed by atoms with Crippen LogP contribution in [0.2, 0.25) is 5.02 Å². The summed E-state index contributed by atoms with van der Waals surface area (Å²) in [5.74, 6) is -1.43. The molecule has 0 atom stereocenters. The number of H-pyrrole nitrogens is 1. The molecule has 1 heterocycles. The maximum absolute atomic E-state index is 12.3. The molecule has 0 saturated heterocycles. The Bertz CT molecular complexity index is 819. The molecule has 21 heavy (non-hydrogen) atoms. The molecule has 7 nitrogen and oxygen atoms in total. The van der Waals surface area contributed by atoms with Crippen molar-refractivity contribution in [1.82, 2.24) is 10.2 Å². The van der Waals surface area contributed by atoms with Crippen LogP contribution in [0.1, 0.15) is 16.2 Å². The molecule has 0 aliphatic heterocycles. The van der Waals surface area contributed by atoms with Crippen LogP contribution in [0.4, 0.5) is 5.69 Å². The van der Waals surface area contributed by atoms with Crippen LogP contribution in [-0.4, -0.2) is 29.7 Å². The van der Waals surface area contributed by atoms with Crippen molar-refractivity contribution in [3.63, 3.8) is 0 Å². The van der Waals surface area contributed by atoms with Crippen LogP contribution >= 0.6 is 27.5 Å². The molecule has 1 aromatic carbocycles. The normalized spacial score (nSPS) is 11.4. The fourth-order valence-corrected chi connectivity index (χ4v) is 3.53. The number of halogens is 2. The summed E-state index contributed by atoms with van der Waals surface area (Å²) in [6.45, 7) is 1.42. The molecule has 0 fully saturated rings. The molecule has 2 aromatic rings. The molecule has 2 rings (SSSR count). The van der Waals surface area contributed by atoms with Gasteiger partial charge in [-0.25, -0.2) is 13.2 Å². The Balaban J connectivity index is 2.45. The van der Waals surface area contributed by atoms with Gasteiger partial charge in [-0.3, -0.25) is 9.82 Å². The molecule has 3 N–H and O–H groups in total. The first-order chi connectivity index (χ1) is 9.72. The zero-order valence-electron chi connectivity index (χ0n) is 10.5. The van der Waals surface area contributed by atoms with Crippen LogP contribution in [0.25, 0.3) is 0 Å². The third-order valence-corrected chi connectivity index (χ3v) is 5.29. The van der Waals surface area contributed by atoms with Crippen LogP contribution < -0.4 is 4.72 Å². The van der Waals surface area contributed by atoms with Crippen molar-refractivity contribution in [1.29, 1.82) is 0 Å². The summed E-state index contributed by atoms with van der Waals surface area (Å²) < 4.78 is 27.4. The number of hydrogen-bond donors (Lipinski definition) is 3. The van der Waals surface area contributed by atoms with Crippen molar-refractivity contribution in [2.24, 2.45) is 0 Å². The van der Waals surface area contributed by atoms with E-state index in [9.17, 15) is 13.2 Å². The zero-order valence-corrected chi connectivity index (χ0v) is 13.7. The number of nitrogens with one attached hydrogen (secondary N) is 2. The van der Waals surface area contributed by atoms with Gasteiger partial charge in [-0.15, -0.1) is 0 Å². The molecule has 0 bridgehead atoms. The third-order valence-electron chi connectivity index (χ3n) is 2.53. The van der Waals surface area contributed by atoms with E-state index in [-0.39, 0.29) is 11.4 Å². The zero-order chi connectivity index (χ0) is 15.8. The highest BCUT2D eigenvalue weighted by molar-refractivity contribution is 9.10. The lowest BCUT2D eigenvalue weighted by Crippen LogP contribution is -2.17. The number of carboxylic acid groups (broad SMARTS) is 1. The van der Waals surface area contributed by atoms with E-state index >= 15 is 0 Å². The molecule has 1 aromatic heterocycles. The number of hydrogen-bond acceptors (Lipinski definition) is 4. The van der Waals surface area contributed by atoms with E-state index in [1.54, 1.807) is 0 Å². The van der Waals surface area contributed by atoms with E-state index in [0.717, 1.165) is 0 Å². The van der Waals surface area contributed by atoms with Crippen molar-refractivity contribution in [2.45, 2.75) is 11.8 Å². The van der Waals surface area contributed by atoms with Crippen LogP contribution in [0.3, 0.4) is 0 Å². The van der Waals surface area contributed by atoms with Gasteiger partial charge in [-0.1, -0.05) is 11.6 Å². The molecule has 10 heteroatoms. The average Bonchev–Trinajstić information content (AvgIpc) is 2.76. The summed E-state index contributed by atoms with van der Waals surface area (Å²) in [6.07, 6.45) is 0. The second-order valence-corrected chi connectivity index (χ2v) is 6.95. The molecular formula is C11H9BrClN3O4S. The quantitative estimate of drug-likeness (QED) is 0.738. The van der Waals surface area contributed by atoms with Crippen LogP contribution in [0, 0.1) is 6.92 Å². The number of anilines is 1. The molecule has 0 spiro atoms. The van der Waals surface area contributed by atoms with Crippen molar-refractivity contribution in [3.8, 4) is 0 Å². The van der Waals surface area contributed by atoms with Gasteiger partial charge in [0.05, 0.1) is 16.4 Å². The third kappa shape index (κ3) is 3.20. The molecule has 0 aliphatic rings. The van der Waals surface area contributed by atoms with Gasteiger partial charge in [0.25, 0.3) is 10.0 Å². The van der Waals surface area contributed by atoms with Crippen molar-refractivity contribution in [2.75, 3.05) is 4.72 Å². The summed E-state index contributed by atoms with van der Waals surface area (Å²) in [5, 5.41) is 15.2. The molecule has 0 radical (unpaired) electrons. The number of carbonyl (C=O) groups is 1. The Labute approximate surface area is 133 Å². The van der Waals surface area contributed by atoms with Crippen LogP contribution in [0.5, 0.6) is 0 Å². The van der Waals surface area contributed by atoms with Gasteiger partial charge in [-0.05, 0) is 41.1 Å². The van der Waals surface area contributed by atoms with E-state index < -0.39 is 26.6 Å². The SMILES string of the molecule is Cc1[nH]nc(C(=O)O)c1S(=O)(=O)Nc1ccc(Cl)c(Br)c1. The number of rotatable bonds is 4. The second-order valence-electron chi connectivity index (χ2n) is 4.07. The van der Waals surface area contributed by atoms with Gasteiger partial charge in [0.1, 0.15) is 4.90 Å². The first-order valence-electron chi connectivity index (χ1n) is 5.48. The summed E-state index contributed by atoms with van der Waals surface area (Å²) in [4.78, 5) is 10.6. The topological polar surface area (TPSA) is 112 Å². The number of sulfonamides is 1. The van der Waals surface area contributed by atoms with Crippen molar-refractivity contribution < 1.29 is 18.3 Å². The molecule has 0 unspecified atom stereocenters. The van der Waals surface area contributed by atoms with E-state index in [0.29, 0.717) is 9.50 Å². The number of aromatic carboxylic acids is 1. The summed E-state index contributed by atoms with van der Waals surface area (Å²) in [7, 11) is -4.09. The first-order valence-corrected chi connectivity index (χ1v) is 8.14. The number of aromatic nitrogens is 2. The highest BCUT2D eigenvalue weighted by Crippen LogP contribution is 2.28. The Hall–Kier alpha value is -1.58. The van der Waals surface area contributed by atoms with Gasteiger partial charge in [0.2, 0.25) is 0 Å². The maximum atomic E-state index is 12.3. The van der Waals surface area contributed by atoms with Gasteiger partial charge >= 0.3 is 5.97 Å². The molecule has 0 saturated carbocycles. The van der Waals surface area contributed by atoms with Crippen molar-refractivity contribution >= 4 is 49.2 Å². The Morgan fingerprint density at radius 1 is 1.48 bits per heavy atom.